The van der Waals surface area contributed by atoms with E-state index in [2.05, 4.69) is 0 Å². The van der Waals surface area contributed by atoms with Crippen LogP contribution in [-0.2, 0) is 0 Å². The average molecular weight is 498 g/mol. The molecule has 0 saturated heterocycles. The van der Waals surface area contributed by atoms with Crippen LogP contribution in [0.1, 0.15) is 50.5 Å². The summed E-state index contributed by atoms with van der Waals surface area (Å²) in [6, 6.07) is 15.9. The zero-order chi connectivity index (χ0) is 26.3. The molecule has 0 spiro atoms. The van der Waals surface area contributed by atoms with Gasteiger partial charge in [-0.05, 0) is 60.9 Å². The predicted molar refractivity (Wildman–Crippen MR) is 135 cm³/mol. The molecule has 1 aliphatic rings. The minimum Gasteiger partial charge on any atom is -0.460 e. The van der Waals surface area contributed by atoms with E-state index in [4.69, 9.17) is 13.9 Å². The summed E-state index contributed by atoms with van der Waals surface area (Å²) >= 11 is 0. The molecule has 0 fully saturated rings. The molecule has 1 aliphatic heterocycles. The van der Waals surface area contributed by atoms with E-state index in [0.29, 0.717) is 12.3 Å². The molecule has 8 heteroatoms. The fourth-order valence-corrected chi connectivity index (χ4v) is 4.15. The van der Waals surface area contributed by atoms with Crippen molar-refractivity contribution in [3.63, 3.8) is 0 Å². The Morgan fingerprint density at radius 1 is 0.919 bits per heavy atom. The minimum atomic E-state index is -0.716. The van der Waals surface area contributed by atoms with Crippen LogP contribution in [0.2, 0.25) is 0 Å². The molecule has 0 radical (unpaired) electrons. The van der Waals surface area contributed by atoms with Crippen LogP contribution in [0.4, 0.5) is 0 Å². The molecule has 0 atom stereocenters. The summed E-state index contributed by atoms with van der Waals surface area (Å²) in [5, 5.41) is 0.261. The number of carbonyl (C=O) groups is 3. The van der Waals surface area contributed by atoms with E-state index in [9.17, 15) is 19.2 Å². The van der Waals surface area contributed by atoms with Crippen LogP contribution >= 0.6 is 0 Å². The first-order chi connectivity index (χ1) is 17.7. The first kappa shape index (κ1) is 24.0. The van der Waals surface area contributed by atoms with Gasteiger partial charge >= 0.3 is 5.97 Å². The minimum absolute atomic E-state index is 0.0340. The summed E-state index contributed by atoms with van der Waals surface area (Å²) in [6.45, 7) is 6.04. The topological polar surface area (TPSA) is 103 Å². The van der Waals surface area contributed by atoms with E-state index in [1.54, 1.807) is 12.1 Å². The zero-order valence-corrected chi connectivity index (χ0v) is 20.4. The Labute approximate surface area is 212 Å². The van der Waals surface area contributed by atoms with Crippen LogP contribution in [0.25, 0.3) is 11.0 Å². The van der Waals surface area contributed by atoms with Crippen molar-refractivity contribution in [2.75, 3.05) is 6.54 Å². The number of fused-ring (bicyclic) bond motifs is 2. The largest absolute Gasteiger partial charge is 0.460 e. The molecule has 0 unspecified atom stereocenters. The van der Waals surface area contributed by atoms with Gasteiger partial charge in [-0.3, -0.25) is 19.3 Å². The van der Waals surface area contributed by atoms with Gasteiger partial charge in [-0.15, -0.1) is 0 Å². The average Bonchev–Trinajstić information content (AvgIpc) is 3.09. The van der Waals surface area contributed by atoms with Gasteiger partial charge in [0.15, 0.2) is 0 Å². The maximum Gasteiger partial charge on any atom is 0.343 e. The zero-order valence-electron chi connectivity index (χ0n) is 20.4. The number of esters is 1. The van der Waals surface area contributed by atoms with Crippen LogP contribution in [0.5, 0.6) is 17.2 Å². The third-order valence-electron chi connectivity index (χ3n) is 5.90. The molecule has 2 heterocycles. The van der Waals surface area contributed by atoms with Crippen LogP contribution in [-0.4, -0.2) is 29.2 Å². The lowest BCUT2D eigenvalue weighted by Crippen LogP contribution is -2.33. The lowest BCUT2D eigenvalue weighted by molar-refractivity contribution is 0.0635. The van der Waals surface area contributed by atoms with Crippen LogP contribution < -0.4 is 14.9 Å². The summed E-state index contributed by atoms with van der Waals surface area (Å²) in [6.07, 6.45) is 1.21. The number of benzene rings is 3. The quantitative estimate of drug-likeness (QED) is 0.201. The normalized spacial score (nSPS) is 12.8. The summed E-state index contributed by atoms with van der Waals surface area (Å²) in [7, 11) is 0. The number of hydrogen-bond acceptors (Lipinski definition) is 7. The Bertz CT molecular complexity index is 1630. The van der Waals surface area contributed by atoms with Gasteiger partial charge in [-0.25, -0.2) is 4.79 Å². The second-order valence-electron chi connectivity index (χ2n) is 9.27. The molecule has 0 saturated carbocycles. The number of imide groups is 1. The molecule has 0 N–H and O–H groups in total. The van der Waals surface area contributed by atoms with Crippen LogP contribution in [0.15, 0.2) is 76.1 Å². The molecule has 0 aliphatic carbocycles. The molecule has 3 aromatic carbocycles. The molecule has 4 aromatic rings. The Morgan fingerprint density at radius 2 is 1.70 bits per heavy atom. The van der Waals surface area contributed by atoms with Gasteiger partial charge in [-0.2, -0.15) is 0 Å². The number of rotatable bonds is 6. The van der Waals surface area contributed by atoms with Gasteiger partial charge in [0.05, 0.1) is 22.1 Å². The van der Waals surface area contributed by atoms with E-state index >= 15 is 0 Å². The van der Waals surface area contributed by atoms with Crippen molar-refractivity contribution in [1.82, 2.24) is 4.90 Å². The number of carbonyl (C=O) groups excluding carboxylic acids is 3. The summed E-state index contributed by atoms with van der Waals surface area (Å²) in [4.78, 5) is 52.1. The highest BCUT2D eigenvalue weighted by atomic mass is 16.5. The van der Waals surface area contributed by atoms with Crippen molar-refractivity contribution in [3.05, 3.63) is 99.4 Å². The molecule has 0 bridgehead atoms. The molecule has 5 rings (SSSR count). The number of amides is 2. The molecule has 186 valence electrons. The molecule has 37 heavy (non-hydrogen) atoms. The van der Waals surface area contributed by atoms with Gasteiger partial charge in [-0.1, -0.05) is 26.0 Å². The summed E-state index contributed by atoms with van der Waals surface area (Å²) in [5.41, 5.74) is 1.39. The fourth-order valence-electron chi connectivity index (χ4n) is 4.15. The van der Waals surface area contributed by atoms with Gasteiger partial charge in [0.2, 0.25) is 11.2 Å². The monoisotopic (exact) mass is 497 g/mol. The van der Waals surface area contributed by atoms with Crippen molar-refractivity contribution in [3.8, 4) is 17.2 Å². The Balaban J connectivity index is 1.36. The Kier molecular flexibility index (Phi) is 6.09. The fraction of sp³-hybridized carbons (Fsp3) is 0.172. The number of ether oxygens (including phenoxy) is 2. The Hall–Kier alpha value is -4.72. The maximum atomic E-state index is 12.9. The van der Waals surface area contributed by atoms with Crippen molar-refractivity contribution >= 4 is 28.8 Å². The van der Waals surface area contributed by atoms with Gasteiger partial charge in [0, 0.05) is 12.6 Å². The highest BCUT2D eigenvalue weighted by molar-refractivity contribution is 6.22. The van der Waals surface area contributed by atoms with Gasteiger partial charge in [0.25, 0.3) is 11.8 Å². The van der Waals surface area contributed by atoms with Crippen molar-refractivity contribution in [2.45, 2.75) is 20.8 Å². The second kappa shape index (κ2) is 9.39. The second-order valence-corrected chi connectivity index (χ2v) is 9.27. The van der Waals surface area contributed by atoms with E-state index in [-0.39, 0.29) is 56.4 Å². The predicted octanol–water partition coefficient (Wildman–Crippen LogP) is 5.36. The van der Waals surface area contributed by atoms with E-state index in [0.717, 1.165) is 5.56 Å². The highest BCUT2D eigenvalue weighted by Crippen LogP contribution is 2.27. The Morgan fingerprint density at radius 3 is 2.46 bits per heavy atom. The standard InChI is InChI=1S/C29H23NO7/c1-16(2)14-30-27(32)21-9-7-18(12-23(21)28(30)33)29(34)37-20-8-10-22-24(13-20)35-15-25(26(22)31)36-19-6-4-5-17(3)11-19/h4-13,15-16H,14H2,1-3H3. The molecular formula is C29H23NO7. The highest BCUT2D eigenvalue weighted by Gasteiger charge is 2.36. The number of nitrogens with zero attached hydrogens (tertiary/aromatic N) is 1. The SMILES string of the molecule is Cc1cccc(Oc2coc3cc(OC(=O)c4ccc5c(c4)C(=O)N(CC(C)C)C5=O)ccc3c2=O)c1. The summed E-state index contributed by atoms with van der Waals surface area (Å²) in [5.74, 6) is -0.706. The van der Waals surface area contributed by atoms with Crippen molar-refractivity contribution in [1.29, 1.82) is 0 Å². The lowest BCUT2D eigenvalue weighted by atomic mass is 10.1. The van der Waals surface area contributed by atoms with Crippen molar-refractivity contribution < 1.29 is 28.3 Å². The van der Waals surface area contributed by atoms with Crippen molar-refractivity contribution in [2.24, 2.45) is 5.92 Å². The first-order valence-corrected chi connectivity index (χ1v) is 11.7. The smallest absolute Gasteiger partial charge is 0.343 e. The van der Waals surface area contributed by atoms with E-state index in [1.807, 2.05) is 32.9 Å². The molecule has 2 amide bonds. The molecule has 8 nitrogen and oxygen atoms in total. The molecule has 1 aromatic heterocycles. The van der Waals surface area contributed by atoms with Gasteiger partial charge in [0.1, 0.15) is 23.3 Å². The number of aryl methyl sites for hydroxylation is 1. The lowest BCUT2D eigenvalue weighted by Gasteiger charge is -2.15. The van der Waals surface area contributed by atoms with Crippen LogP contribution in [0, 0.1) is 12.8 Å². The van der Waals surface area contributed by atoms with E-state index in [1.165, 1.54) is 47.6 Å². The van der Waals surface area contributed by atoms with E-state index < -0.39 is 11.9 Å². The maximum absolute atomic E-state index is 12.9. The number of hydrogen-bond donors (Lipinski definition) is 0. The first-order valence-electron chi connectivity index (χ1n) is 11.7. The van der Waals surface area contributed by atoms with Crippen LogP contribution in [0.3, 0.4) is 0 Å². The third kappa shape index (κ3) is 4.61. The molecular weight excluding hydrogens is 474 g/mol. The third-order valence-corrected chi connectivity index (χ3v) is 5.90. The summed E-state index contributed by atoms with van der Waals surface area (Å²) < 4.78 is 16.7. The van der Waals surface area contributed by atoms with Gasteiger partial charge < -0.3 is 13.9 Å².